The van der Waals surface area contributed by atoms with E-state index in [4.69, 9.17) is 20.4 Å². The molecule has 4 nitrogen and oxygen atoms in total. The topological polar surface area (TPSA) is 80.9 Å². The van der Waals surface area contributed by atoms with Crippen LogP contribution in [-0.4, -0.2) is 70.8 Å². The predicted molar refractivity (Wildman–Crippen MR) is 56.8 cm³/mol. The first-order chi connectivity index (χ1) is 5.66. The molecule has 0 aromatic heterocycles. The van der Waals surface area contributed by atoms with Gasteiger partial charge in [-0.25, -0.2) is 0 Å². The molecule has 0 amide bonds. The second-order valence-electron chi connectivity index (χ2n) is 1.26. The van der Waals surface area contributed by atoms with Crippen molar-refractivity contribution in [3.05, 3.63) is 0 Å². The summed E-state index contributed by atoms with van der Waals surface area (Å²) in [6.07, 6.45) is 0. The monoisotopic (exact) mass is 352 g/mol. The summed E-state index contributed by atoms with van der Waals surface area (Å²) in [5, 5.41) is 30.3. The molecule has 0 aliphatic rings. The third-order valence-electron chi connectivity index (χ3n) is 0. The van der Waals surface area contributed by atoms with E-state index in [2.05, 4.69) is 0 Å². The molecule has 0 aromatic carbocycles. The molecule has 0 aliphatic carbocycles. The maximum absolute atomic E-state index is 7.57. The molecule has 0 unspecified atom stereocenters. The van der Waals surface area contributed by atoms with E-state index in [0.717, 1.165) is 0 Å². The molecule has 4 radical (unpaired) electrons. The molecule has 14 heavy (non-hydrogen) atoms. The van der Waals surface area contributed by atoms with E-state index in [1.807, 2.05) is 0 Å². The molecule has 0 spiro atoms. The van der Waals surface area contributed by atoms with Crippen LogP contribution in [0.5, 0.6) is 0 Å². The van der Waals surface area contributed by atoms with Crippen LogP contribution in [0, 0.1) is 0 Å². The predicted octanol–water partition coefficient (Wildman–Crippen LogP) is -0.389. The molecule has 0 bridgehead atoms. The Hall–Kier alpha value is 1.35. The molecular formula is C8H24O4SnTi. The van der Waals surface area contributed by atoms with E-state index in [-0.39, 0.29) is 72.1 Å². The first-order valence-corrected chi connectivity index (χ1v) is 4.09. The Labute approximate surface area is 120 Å². The Morgan fingerprint density at radius 2 is 0.571 bits per heavy atom. The molecule has 0 atom stereocenters. The van der Waals surface area contributed by atoms with Gasteiger partial charge < -0.3 is 20.4 Å². The summed E-state index contributed by atoms with van der Waals surface area (Å²) in [6, 6.07) is 0. The van der Waals surface area contributed by atoms with Crippen molar-refractivity contribution < 1.29 is 42.1 Å². The van der Waals surface area contributed by atoms with Crippen molar-refractivity contribution in [2.24, 2.45) is 0 Å². The number of rotatable bonds is 0. The first kappa shape index (κ1) is 36.2. The Balaban J connectivity index is -0.0000000145. The second-order valence-corrected chi connectivity index (χ2v) is 1.26. The Kier molecular flexibility index (Phi) is 231. The summed E-state index contributed by atoms with van der Waals surface area (Å²) < 4.78 is 0. The Morgan fingerprint density at radius 1 is 0.571 bits per heavy atom. The van der Waals surface area contributed by atoms with Crippen LogP contribution >= 0.6 is 0 Å². The minimum atomic E-state index is 0. The summed E-state index contributed by atoms with van der Waals surface area (Å²) in [4.78, 5) is 0. The minimum Gasteiger partial charge on any atom is -0.397 e. The van der Waals surface area contributed by atoms with Crippen LogP contribution in [0.15, 0.2) is 0 Å². The van der Waals surface area contributed by atoms with Crippen molar-refractivity contribution in [3.63, 3.8) is 0 Å². The van der Waals surface area contributed by atoms with E-state index in [0.29, 0.717) is 0 Å². The first-order valence-electron chi connectivity index (χ1n) is 4.09. The van der Waals surface area contributed by atoms with Crippen LogP contribution in [0.3, 0.4) is 0 Å². The average Bonchev–Trinajstić information content (AvgIpc) is 1.92. The second kappa shape index (κ2) is 89.3. The van der Waals surface area contributed by atoms with Gasteiger partial charge in [-0.1, -0.05) is 0 Å². The van der Waals surface area contributed by atoms with Crippen LogP contribution in [-0.2, 0) is 21.7 Å². The smallest absolute Gasteiger partial charge is 0.0402 e. The number of aliphatic hydroxyl groups is 4. The normalized spacial score (nSPS) is 5.14. The molecule has 0 saturated carbocycles. The van der Waals surface area contributed by atoms with Gasteiger partial charge in [-0.3, -0.25) is 0 Å². The van der Waals surface area contributed by atoms with Crippen molar-refractivity contribution in [3.8, 4) is 0 Å². The van der Waals surface area contributed by atoms with Crippen LogP contribution in [0.1, 0.15) is 27.7 Å². The number of aliphatic hydroxyl groups excluding tert-OH is 4. The van der Waals surface area contributed by atoms with E-state index in [9.17, 15) is 0 Å². The van der Waals surface area contributed by atoms with Gasteiger partial charge in [-0.15, -0.1) is 0 Å². The largest absolute Gasteiger partial charge is 0.397 e. The van der Waals surface area contributed by atoms with Crippen molar-refractivity contribution in [2.45, 2.75) is 27.7 Å². The molecule has 4 N–H and O–H groups in total. The number of hydrogen-bond acceptors (Lipinski definition) is 4. The SMILES string of the molecule is CCO.CCO.CCO.CCO.[Sn].[Ti]. The molecular weight excluding hydrogens is 327 g/mol. The van der Waals surface area contributed by atoms with Gasteiger partial charge in [0.05, 0.1) is 0 Å². The van der Waals surface area contributed by atoms with Crippen LogP contribution in [0.4, 0.5) is 0 Å². The van der Waals surface area contributed by atoms with Crippen molar-refractivity contribution >= 4 is 23.9 Å². The van der Waals surface area contributed by atoms with E-state index >= 15 is 0 Å². The van der Waals surface area contributed by atoms with Gasteiger partial charge in [0, 0.05) is 72.1 Å². The Bertz CT molecular complexity index is 29.3. The van der Waals surface area contributed by atoms with Gasteiger partial charge >= 0.3 is 0 Å². The molecule has 0 saturated heterocycles. The zero-order valence-electron chi connectivity index (χ0n) is 9.62. The van der Waals surface area contributed by atoms with Gasteiger partial charge in [0.25, 0.3) is 0 Å². The molecule has 88 valence electrons. The van der Waals surface area contributed by atoms with Crippen LogP contribution in [0.2, 0.25) is 0 Å². The fraction of sp³-hybridized carbons (Fsp3) is 1.00. The minimum absolute atomic E-state index is 0. The Morgan fingerprint density at radius 3 is 0.571 bits per heavy atom. The molecule has 0 aliphatic heterocycles. The van der Waals surface area contributed by atoms with Gasteiger partial charge in [0.2, 0.25) is 0 Å². The van der Waals surface area contributed by atoms with Crippen molar-refractivity contribution in [1.82, 2.24) is 0 Å². The fourth-order valence-electron chi connectivity index (χ4n) is 0. The summed E-state index contributed by atoms with van der Waals surface area (Å²) in [7, 11) is 0. The van der Waals surface area contributed by atoms with Crippen molar-refractivity contribution in [2.75, 3.05) is 26.4 Å². The zero-order valence-corrected chi connectivity index (χ0v) is 14.0. The maximum Gasteiger partial charge on any atom is 0.0402 e. The van der Waals surface area contributed by atoms with Gasteiger partial charge in [-0.05, 0) is 27.7 Å². The third kappa shape index (κ3) is 1110. The summed E-state index contributed by atoms with van der Waals surface area (Å²) >= 11 is 0. The summed E-state index contributed by atoms with van der Waals surface area (Å²) in [5.41, 5.74) is 0. The standard InChI is InChI=1S/4C2H6O.Sn.Ti/c4*1-2-3;;/h4*3H,2H2,1H3;;. The quantitative estimate of drug-likeness (QED) is 0.449. The zero-order chi connectivity index (χ0) is 10.8. The molecule has 6 heteroatoms. The summed E-state index contributed by atoms with van der Waals surface area (Å²) in [5.74, 6) is 0. The number of hydrogen-bond donors (Lipinski definition) is 4. The van der Waals surface area contributed by atoms with Crippen LogP contribution in [0.25, 0.3) is 0 Å². The molecule has 0 aromatic rings. The van der Waals surface area contributed by atoms with E-state index in [1.54, 1.807) is 27.7 Å². The van der Waals surface area contributed by atoms with Gasteiger partial charge in [0.1, 0.15) is 0 Å². The third-order valence-corrected chi connectivity index (χ3v) is 0. The maximum atomic E-state index is 7.57. The summed E-state index contributed by atoms with van der Waals surface area (Å²) in [6.45, 7) is 7.72. The average molecular weight is 351 g/mol. The van der Waals surface area contributed by atoms with Crippen molar-refractivity contribution in [1.29, 1.82) is 0 Å². The van der Waals surface area contributed by atoms with E-state index in [1.165, 1.54) is 0 Å². The van der Waals surface area contributed by atoms with Crippen LogP contribution < -0.4 is 0 Å². The molecule has 0 rings (SSSR count). The fourth-order valence-corrected chi connectivity index (χ4v) is 0. The van der Waals surface area contributed by atoms with Gasteiger partial charge in [0.15, 0.2) is 0 Å². The molecule has 0 fully saturated rings. The van der Waals surface area contributed by atoms with E-state index < -0.39 is 0 Å². The van der Waals surface area contributed by atoms with Gasteiger partial charge in [-0.2, -0.15) is 0 Å². The molecule has 0 heterocycles.